The molecule has 0 saturated carbocycles. The lowest BCUT2D eigenvalue weighted by atomic mass is 9.78. The number of piperidine rings is 1. The van der Waals surface area contributed by atoms with Crippen molar-refractivity contribution in [1.82, 2.24) is 16.0 Å². The van der Waals surface area contributed by atoms with E-state index in [2.05, 4.69) is 16.0 Å². The second-order valence-corrected chi connectivity index (χ2v) is 6.44. The van der Waals surface area contributed by atoms with Crippen LogP contribution < -0.4 is 16.0 Å². The van der Waals surface area contributed by atoms with Gasteiger partial charge in [0.25, 0.3) is 0 Å². The van der Waals surface area contributed by atoms with E-state index in [1.165, 1.54) is 0 Å². The van der Waals surface area contributed by atoms with Crippen LogP contribution in [-0.4, -0.2) is 50.7 Å². The van der Waals surface area contributed by atoms with Gasteiger partial charge in [0.1, 0.15) is 0 Å². The fourth-order valence-electron chi connectivity index (χ4n) is 2.43. The summed E-state index contributed by atoms with van der Waals surface area (Å²) in [5.74, 6) is -0.266. The van der Waals surface area contributed by atoms with Gasteiger partial charge in [-0.05, 0) is 46.7 Å². The van der Waals surface area contributed by atoms with Crippen molar-refractivity contribution in [2.75, 3.05) is 33.4 Å². The highest BCUT2D eigenvalue weighted by molar-refractivity contribution is 5.88. The van der Waals surface area contributed by atoms with Crippen molar-refractivity contribution in [3.05, 3.63) is 0 Å². The Morgan fingerprint density at radius 1 is 1.25 bits per heavy atom. The zero-order valence-electron chi connectivity index (χ0n) is 13.0. The fourth-order valence-corrected chi connectivity index (χ4v) is 2.43. The molecular formula is C14H27N3O3. The molecule has 116 valence electrons. The summed E-state index contributed by atoms with van der Waals surface area (Å²) in [5.41, 5.74) is -0.803. The minimum atomic E-state index is -0.512. The van der Waals surface area contributed by atoms with Crippen molar-refractivity contribution in [1.29, 1.82) is 0 Å². The SMILES string of the molecule is COCC1(C(=O)NCC(=O)NC(C)(C)C)CCNCC1. The summed E-state index contributed by atoms with van der Waals surface area (Å²) in [6, 6.07) is 0. The maximum absolute atomic E-state index is 12.4. The minimum absolute atomic E-state index is 0.00892. The number of methoxy groups -OCH3 is 1. The van der Waals surface area contributed by atoms with Gasteiger partial charge in [-0.2, -0.15) is 0 Å². The molecule has 0 atom stereocenters. The van der Waals surface area contributed by atoms with Crippen LogP contribution in [0.1, 0.15) is 33.6 Å². The molecule has 0 radical (unpaired) electrons. The lowest BCUT2D eigenvalue weighted by Gasteiger charge is -2.35. The maximum atomic E-state index is 12.4. The number of carbonyl (C=O) groups excluding carboxylic acids is 2. The molecule has 0 spiro atoms. The molecule has 6 nitrogen and oxygen atoms in total. The molecular weight excluding hydrogens is 258 g/mol. The molecule has 0 aromatic rings. The Morgan fingerprint density at radius 3 is 2.35 bits per heavy atom. The van der Waals surface area contributed by atoms with E-state index in [0.29, 0.717) is 6.61 Å². The van der Waals surface area contributed by atoms with Gasteiger partial charge in [0.15, 0.2) is 0 Å². The minimum Gasteiger partial charge on any atom is -0.384 e. The van der Waals surface area contributed by atoms with Crippen molar-refractivity contribution in [3.63, 3.8) is 0 Å². The van der Waals surface area contributed by atoms with Gasteiger partial charge in [-0.25, -0.2) is 0 Å². The fraction of sp³-hybridized carbons (Fsp3) is 0.857. The summed E-state index contributed by atoms with van der Waals surface area (Å²) >= 11 is 0. The van der Waals surface area contributed by atoms with E-state index in [9.17, 15) is 9.59 Å². The molecule has 1 rings (SSSR count). The molecule has 0 aliphatic carbocycles. The van der Waals surface area contributed by atoms with Gasteiger partial charge in [-0.15, -0.1) is 0 Å². The average Bonchev–Trinajstić information content (AvgIpc) is 2.35. The number of hydrogen-bond donors (Lipinski definition) is 3. The molecule has 1 saturated heterocycles. The van der Waals surface area contributed by atoms with E-state index < -0.39 is 5.41 Å². The first-order valence-corrected chi connectivity index (χ1v) is 7.08. The highest BCUT2D eigenvalue weighted by Crippen LogP contribution is 2.29. The van der Waals surface area contributed by atoms with Crippen molar-refractivity contribution < 1.29 is 14.3 Å². The van der Waals surface area contributed by atoms with E-state index in [-0.39, 0.29) is 23.9 Å². The monoisotopic (exact) mass is 285 g/mol. The van der Waals surface area contributed by atoms with Gasteiger partial charge < -0.3 is 20.7 Å². The summed E-state index contributed by atoms with van der Waals surface area (Å²) in [6.45, 7) is 7.72. The number of nitrogens with one attached hydrogen (secondary N) is 3. The van der Waals surface area contributed by atoms with Crippen LogP contribution in [0.2, 0.25) is 0 Å². The van der Waals surface area contributed by atoms with Crippen molar-refractivity contribution in [3.8, 4) is 0 Å². The largest absolute Gasteiger partial charge is 0.384 e. The zero-order valence-corrected chi connectivity index (χ0v) is 13.0. The summed E-state index contributed by atoms with van der Waals surface area (Å²) in [5, 5.41) is 8.80. The third kappa shape index (κ3) is 5.09. The molecule has 0 bridgehead atoms. The second kappa shape index (κ2) is 7.04. The maximum Gasteiger partial charge on any atom is 0.239 e. The number of hydrogen-bond acceptors (Lipinski definition) is 4. The highest BCUT2D eigenvalue weighted by Gasteiger charge is 2.39. The summed E-state index contributed by atoms with van der Waals surface area (Å²) in [4.78, 5) is 24.1. The van der Waals surface area contributed by atoms with Gasteiger partial charge >= 0.3 is 0 Å². The Kier molecular flexibility index (Phi) is 5.95. The molecule has 20 heavy (non-hydrogen) atoms. The predicted molar refractivity (Wildman–Crippen MR) is 77.3 cm³/mol. The van der Waals surface area contributed by atoms with Crippen LogP contribution in [0.15, 0.2) is 0 Å². The lowest BCUT2D eigenvalue weighted by Crippen LogP contribution is -2.53. The molecule has 2 amide bonds. The first kappa shape index (κ1) is 16.9. The first-order valence-electron chi connectivity index (χ1n) is 7.08. The normalized spacial score (nSPS) is 18.4. The summed E-state index contributed by atoms with van der Waals surface area (Å²) < 4.78 is 5.20. The van der Waals surface area contributed by atoms with E-state index in [1.54, 1.807) is 7.11 Å². The van der Waals surface area contributed by atoms with E-state index in [1.807, 2.05) is 20.8 Å². The van der Waals surface area contributed by atoms with E-state index in [0.717, 1.165) is 25.9 Å². The van der Waals surface area contributed by atoms with Crippen LogP contribution >= 0.6 is 0 Å². The Balaban J connectivity index is 2.52. The van der Waals surface area contributed by atoms with E-state index in [4.69, 9.17) is 4.74 Å². The Labute approximate surface area is 121 Å². The van der Waals surface area contributed by atoms with Crippen LogP contribution in [0.25, 0.3) is 0 Å². The first-order chi connectivity index (χ1) is 9.29. The smallest absolute Gasteiger partial charge is 0.239 e. The standard InChI is InChI=1S/C14H27N3O3/c1-13(2,3)17-11(18)9-16-12(19)14(10-20-4)5-7-15-8-6-14/h15H,5-10H2,1-4H3,(H,16,19)(H,17,18). The van der Waals surface area contributed by atoms with Gasteiger partial charge in [0.05, 0.1) is 18.6 Å². The van der Waals surface area contributed by atoms with Gasteiger partial charge in [0.2, 0.25) is 11.8 Å². The Hall–Kier alpha value is -1.14. The molecule has 1 heterocycles. The number of carbonyl (C=O) groups is 2. The van der Waals surface area contributed by atoms with Crippen LogP contribution in [0.3, 0.4) is 0 Å². The summed E-state index contributed by atoms with van der Waals surface area (Å²) in [6.07, 6.45) is 1.46. The van der Waals surface area contributed by atoms with Gasteiger partial charge in [-0.3, -0.25) is 9.59 Å². The summed E-state index contributed by atoms with van der Waals surface area (Å²) in [7, 11) is 1.60. The molecule has 0 aromatic carbocycles. The van der Waals surface area contributed by atoms with E-state index >= 15 is 0 Å². The number of amides is 2. The Morgan fingerprint density at radius 2 is 1.85 bits per heavy atom. The highest BCUT2D eigenvalue weighted by atomic mass is 16.5. The van der Waals surface area contributed by atoms with Crippen LogP contribution in [0.5, 0.6) is 0 Å². The average molecular weight is 285 g/mol. The molecule has 3 N–H and O–H groups in total. The molecule has 6 heteroatoms. The Bertz CT molecular complexity index is 339. The number of rotatable bonds is 5. The topological polar surface area (TPSA) is 79.5 Å². The third-order valence-corrected chi connectivity index (χ3v) is 3.39. The van der Waals surface area contributed by atoms with Crippen molar-refractivity contribution in [2.45, 2.75) is 39.2 Å². The van der Waals surface area contributed by atoms with Gasteiger partial charge in [0, 0.05) is 12.6 Å². The molecule has 1 aliphatic rings. The quantitative estimate of drug-likeness (QED) is 0.666. The third-order valence-electron chi connectivity index (χ3n) is 3.39. The second-order valence-electron chi connectivity index (χ2n) is 6.44. The predicted octanol–water partition coefficient (Wildman–Crippen LogP) is 0.0335. The van der Waals surface area contributed by atoms with Crippen LogP contribution in [-0.2, 0) is 14.3 Å². The van der Waals surface area contributed by atoms with Crippen LogP contribution in [0, 0.1) is 5.41 Å². The molecule has 0 aromatic heterocycles. The van der Waals surface area contributed by atoms with Crippen LogP contribution in [0.4, 0.5) is 0 Å². The number of ether oxygens (including phenoxy) is 1. The van der Waals surface area contributed by atoms with Crippen molar-refractivity contribution >= 4 is 11.8 Å². The van der Waals surface area contributed by atoms with Crippen molar-refractivity contribution in [2.24, 2.45) is 5.41 Å². The molecule has 0 unspecified atom stereocenters. The lowest BCUT2D eigenvalue weighted by molar-refractivity contribution is -0.138. The molecule has 1 fully saturated rings. The molecule has 1 aliphatic heterocycles. The zero-order chi connectivity index (χ0) is 15.2. The van der Waals surface area contributed by atoms with Gasteiger partial charge in [-0.1, -0.05) is 0 Å².